The summed E-state index contributed by atoms with van der Waals surface area (Å²) in [6.07, 6.45) is 6.50. The van der Waals surface area contributed by atoms with Gasteiger partial charge in [0.1, 0.15) is 0 Å². The van der Waals surface area contributed by atoms with Crippen molar-refractivity contribution in [3.05, 3.63) is 47.5 Å². The van der Waals surface area contributed by atoms with E-state index in [0.717, 1.165) is 30.8 Å². The molecule has 0 bridgehead atoms. The van der Waals surface area contributed by atoms with Gasteiger partial charge in [-0.3, -0.25) is 0 Å². The summed E-state index contributed by atoms with van der Waals surface area (Å²) in [6.45, 7) is 9.91. The van der Waals surface area contributed by atoms with Crippen molar-refractivity contribution < 1.29 is 0 Å². The predicted octanol–water partition coefficient (Wildman–Crippen LogP) is 1.86. The van der Waals surface area contributed by atoms with Crippen LogP contribution in [0.1, 0.15) is 20.3 Å². The summed E-state index contributed by atoms with van der Waals surface area (Å²) in [5, 5.41) is 0. The lowest BCUT2D eigenvalue weighted by Crippen LogP contribution is -2.25. The Hall–Kier alpha value is -1.64. The van der Waals surface area contributed by atoms with E-state index in [1.807, 2.05) is 25.2 Å². The smallest absolute Gasteiger partial charge is 0.0380 e. The summed E-state index contributed by atoms with van der Waals surface area (Å²) in [7, 11) is 0. The Balaban J connectivity index is 2.86. The third-order valence-electron chi connectivity index (χ3n) is 2.45. The lowest BCUT2D eigenvalue weighted by atomic mass is 10.2. The summed E-state index contributed by atoms with van der Waals surface area (Å²) in [5.41, 5.74) is 15.5. The Kier molecular flexibility index (Phi) is 4.23. The molecule has 0 aromatic rings. The molecule has 0 unspecified atom stereocenters. The quantitative estimate of drug-likeness (QED) is 0.710. The number of nitrogens with zero attached hydrogens (tertiary/aromatic N) is 1. The third-order valence-corrected chi connectivity index (χ3v) is 2.45. The third kappa shape index (κ3) is 3.50. The molecule has 0 atom stereocenters. The highest BCUT2D eigenvalue weighted by molar-refractivity contribution is 5.32. The fraction of sp³-hybridized carbons (Fsp3) is 0.385. The molecule has 0 aromatic heterocycles. The molecule has 1 rings (SSSR count). The number of hydrogen-bond donors (Lipinski definition) is 2. The van der Waals surface area contributed by atoms with Gasteiger partial charge in [0.05, 0.1) is 0 Å². The van der Waals surface area contributed by atoms with Gasteiger partial charge in [0, 0.05) is 36.6 Å². The molecule has 0 saturated heterocycles. The van der Waals surface area contributed by atoms with E-state index in [-0.39, 0.29) is 0 Å². The van der Waals surface area contributed by atoms with Gasteiger partial charge >= 0.3 is 0 Å². The number of hydrogen-bond acceptors (Lipinski definition) is 3. The summed E-state index contributed by atoms with van der Waals surface area (Å²) in [4.78, 5) is 2.26. The second kappa shape index (κ2) is 5.45. The van der Waals surface area contributed by atoms with Gasteiger partial charge in [-0.25, -0.2) is 0 Å². The molecule has 0 spiro atoms. The first-order chi connectivity index (χ1) is 7.52. The molecule has 0 amide bonds. The molecule has 16 heavy (non-hydrogen) atoms. The van der Waals surface area contributed by atoms with Gasteiger partial charge in [-0.1, -0.05) is 12.2 Å². The van der Waals surface area contributed by atoms with Crippen LogP contribution < -0.4 is 11.5 Å². The number of allylic oxidation sites excluding steroid dienone is 3. The maximum atomic E-state index is 5.89. The van der Waals surface area contributed by atoms with Crippen LogP contribution in [0.2, 0.25) is 0 Å². The van der Waals surface area contributed by atoms with Crippen LogP contribution in [0, 0.1) is 0 Å². The molecule has 88 valence electrons. The van der Waals surface area contributed by atoms with E-state index in [2.05, 4.69) is 18.4 Å². The largest absolute Gasteiger partial charge is 0.402 e. The van der Waals surface area contributed by atoms with Crippen LogP contribution in [0.5, 0.6) is 0 Å². The average Bonchev–Trinajstić information content (AvgIpc) is 2.35. The van der Waals surface area contributed by atoms with Crippen molar-refractivity contribution in [1.29, 1.82) is 0 Å². The van der Waals surface area contributed by atoms with E-state index in [0.29, 0.717) is 5.70 Å². The normalized spacial score (nSPS) is 15.8. The Morgan fingerprint density at radius 3 is 2.69 bits per heavy atom. The summed E-state index contributed by atoms with van der Waals surface area (Å²) >= 11 is 0. The van der Waals surface area contributed by atoms with Gasteiger partial charge in [-0.15, -0.1) is 0 Å². The number of likely N-dealkylation sites (N-methyl/N-ethyl adjacent to an activating group) is 1. The van der Waals surface area contributed by atoms with Crippen molar-refractivity contribution >= 4 is 0 Å². The molecule has 0 radical (unpaired) electrons. The summed E-state index contributed by atoms with van der Waals surface area (Å²) in [5.74, 6) is 0. The maximum Gasteiger partial charge on any atom is 0.0380 e. The lowest BCUT2D eigenvalue weighted by molar-refractivity contribution is 0.384. The second-order valence-corrected chi connectivity index (χ2v) is 4.19. The highest BCUT2D eigenvalue weighted by Gasteiger charge is 2.10. The van der Waals surface area contributed by atoms with Crippen molar-refractivity contribution in [3.63, 3.8) is 0 Å². The lowest BCUT2D eigenvalue weighted by Gasteiger charge is -2.26. The Morgan fingerprint density at radius 2 is 2.12 bits per heavy atom. The highest BCUT2D eigenvalue weighted by atomic mass is 15.1. The zero-order valence-electron chi connectivity index (χ0n) is 10.2. The van der Waals surface area contributed by atoms with Crippen molar-refractivity contribution in [3.8, 4) is 0 Å². The van der Waals surface area contributed by atoms with Crippen LogP contribution in [0.4, 0.5) is 0 Å². The Bertz CT molecular complexity index is 361. The van der Waals surface area contributed by atoms with Crippen molar-refractivity contribution in [1.82, 2.24) is 4.90 Å². The van der Waals surface area contributed by atoms with Crippen LogP contribution in [0.25, 0.3) is 0 Å². The van der Waals surface area contributed by atoms with Gasteiger partial charge < -0.3 is 16.4 Å². The molecule has 4 N–H and O–H groups in total. The molecule has 1 aliphatic carbocycles. The zero-order chi connectivity index (χ0) is 12.1. The highest BCUT2D eigenvalue weighted by Crippen LogP contribution is 2.17. The zero-order valence-corrected chi connectivity index (χ0v) is 10.2. The molecule has 3 nitrogen and oxygen atoms in total. The van der Waals surface area contributed by atoms with Gasteiger partial charge in [0.15, 0.2) is 0 Å². The second-order valence-electron chi connectivity index (χ2n) is 4.19. The van der Waals surface area contributed by atoms with Crippen LogP contribution in [0.15, 0.2) is 47.5 Å². The van der Waals surface area contributed by atoms with E-state index in [9.17, 15) is 0 Å². The van der Waals surface area contributed by atoms with Crippen molar-refractivity contribution in [2.75, 3.05) is 13.1 Å². The summed E-state index contributed by atoms with van der Waals surface area (Å²) < 4.78 is 0. The minimum Gasteiger partial charge on any atom is -0.402 e. The van der Waals surface area contributed by atoms with Crippen molar-refractivity contribution in [2.24, 2.45) is 11.5 Å². The number of rotatable bonds is 4. The SMILES string of the molecule is C=C(C)CN(CC)C1=CC=C(N)C=C(N)C1. The van der Waals surface area contributed by atoms with E-state index >= 15 is 0 Å². The maximum absolute atomic E-state index is 5.89. The topological polar surface area (TPSA) is 55.3 Å². The molecule has 0 saturated carbocycles. The first-order valence-corrected chi connectivity index (χ1v) is 5.54. The van der Waals surface area contributed by atoms with Gasteiger partial charge in [-0.2, -0.15) is 0 Å². The minimum absolute atomic E-state index is 0.707. The summed E-state index contributed by atoms with van der Waals surface area (Å²) in [6, 6.07) is 0. The van der Waals surface area contributed by atoms with Crippen molar-refractivity contribution in [2.45, 2.75) is 20.3 Å². The van der Waals surface area contributed by atoms with E-state index in [1.165, 1.54) is 5.70 Å². The molecule has 0 fully saturated rings. The van der Waals surface area contributed by atoms with Crippen LogP contribution in [-0.4, -0.2) is 18.0 Å². The predicted molar refractivity (Wildman–Crippen MR) is 69.3 cm³/mol. The monoisotopic (exact) mass is 219 g/mol. The standard InChI is InChI=1S/C13H21N3/c1-4-16(9-10(2)3)13-6-5-11(14)7-12(15)8-13/h5-7H,2,4,8-9,14-15H2,1,3H3. The fourth-order valence-electron chi connectivity index (χ4n) is 1.73. The van der Waals surface area contributed by atoms with Crippen LogP contribution >= 0.6 is 0 Å². The molecular weight excluding hydrogens is 198 g/mol. The van der Waals surface area contributed by atoms with Gasteiger partial charge in [0.25, 0.3) is 0 Å². The number of nitrogens with two attached hydrogens (primary N) is 2. The van der Waals surface area contributed by atoms with Crippen LogP contribution in [0.3, 0.4) is 0 Å². The molecule has 3 heteroatoms. The molecule has 0 heterocycles. The molecular formula is C13H21N3. The van der Waals surface area contributed by atoms with Gasteiger partial charge in [0.2, 0.25) is 0 Å². The Morgan fingerprint density at radius 1 is 1.44 bits per heavy atom. The molecule has 0 aromatic carbocycles. The molecule has 0 aliphatic heterocycles. The minimum atomic E-state index is 0.707. The molecule has 1 aliphatic rings. The average molecular weight is 219 g/mol. The first-order valence-electron chi connectivity index (χ1n) is 5.54. The first kappa shape index (κ1) is 12.4. The van der Waals surface area contributed by atoms with E-state index in [1.54, 1.807) is 0 Å². The van der Waals surface area contributed by atoms with E-state index in [4.69, 9.17) is 11.5 Å². The Labute approximate surface area is 97.8 Å². The van der Waals surface area contributed by atoms with Gasteiger partial charge in [-0.05, 0) is 32.1 Å². The fourth-order valence-corrected chi connectivity index (χ4v) is 1.73. The van der Waals surface area contributed by atoms with Crippen LogP contribution in [-0.2, 0) is 0 Å². The van der Waals surface area contributed by atoms with E-state index < -0.39 is 0 Å².